The van der Waals surface area contributed by atoms with Gasteiger partial charge in [0.15, 0.2) is 0 Å². The van der Waals surface area contributed by atoms with Gasteiger partial charge in [0.25, 0.3) is 5.69 Å². The van der Waals surface area contributed by atoms with Gasteiger partial charge in [0, 0.05) is 37.0 Å². The number of rotatable bonds is 5. The molecule has 2 aromatic rings. The van der Waals surface area contributed by atoms with E-state index in [9.17, 15) is 10.1 Å². The second-order valence-electron chi connectivity index (χ2n) is 4.04. The minimum atomic E-state index is -0.532. The van der Waals surface area contributed by atoms with Crippen molar-refractivity contribution < 1.29 is 4.92 Å². The van der Waals surface area contributed by atoms with Crippen molar-refractivity contribution in [1.82, 2.24) is 4.98 Å². The van der Waals surface area contributed by atoms with E-state index in [2.05, 4.69) is 10.3 Å². The van der Waals surface area contributed by atoms with Crippen LogP contribution in [0, 0.1) is 10.1 Å². The molecule has 1 N–H and O–H groups in total. The SMILES string of the molecule is O=[N+]([O-])c1cc(Cl)c(NCCc2ccccn2)c(Cl)c1. The number of halogens is 2. The Morgan fingerprint density at radius 3 is 2.50 bits per heavy atom. The maximum absolute atomic E-state index is 10.7. The summed E-state index contributed by atoms with van der Waals surface area (Å²) in [4.78, 5) is 14.3. The lowest BCUT2D eigenvalue weighted by molar-refractivity contribution is -0.384. The fourth-order valence-electron chi connectivity index (χ4n) is 1.70. The van der Waals surface area contributed by atoms with Gasteiger partial charge >= 0.3 is 0 Å². The predicted molar refractivity (Wildman–Crippen MR) is 79.5 cm³/mol. The second-order valence-corrected chi connectivity index (χ2v) is 4.85. The highest BCUT2D eigenvalue weighted by Gasteiger charge is 2.14. The number of nitrogens with zero attached hydrogens (tertiary/aromatic N) is 2. The molecule has 0 bridgehead atoms. The third-order valence-electron chi connectivity index (χ3n) is 2.65. The van der Waals surface area contributed by atoms with Crippen LogP contribution in [0.4, 0.5) is 11.4 Å². The van der Waals surface area contributed by atoms with Gasteiger partial charge < -0.3 is 5.32 Å². The summed E-state index contributed by atoms with van der Waals surface area (Å²) < 4.78 is 0. The zero-order valence-electron chi connectivity index (χ0n) is 10.3. The maximum Gasteiger partial charge on any atom is 0.272 e. The summed E-state index contributed by atoms with van der Waals surface area (Å²) >= 11 is 12.0. The van der Waals surface area contributed by atoms with Crippen molar-refractivity contribution in [2.75, 3.05) is 11.9 Å². The maximum atomic E-state index is 10.7. The van der Waals surface area contributed by atoms with Crippen LogP contribution in [0.1, 0.15) is 5.69 Å². The Hall–Kier alpha value is -1.85. The highest BCUT2D eigenvalue weighted by Crippen LogP contribution is 2.34. The fraction of sp³-hybridized carbons (Fsp3) is 0.154. The summed E-state index contributed by atoms with van der Waals surface area (Å²) in [7, 11) is 0. The first-order chi connectivity index (χ1) is 9.58. The van der Waals surface area contributed by atoms with E-state index < -0.39 is 4.92 Å². The van der Waals surface area contributed by atoms with Crippen LogP contribution in [-0.2, 0) is 6.42 Å². The Morgan fingerprint density at radius 1 is 1.25 bits per heavy atom. The number of nitrogens with one attached hydrogen (secondary N) is 1. The van der Waals surface area contributed by atoms with Gasteiger partial charge in [0.1, 0.15) is 0 Å². The van der Waals surface area contributed by atoms with E-state index in [0.717, 1.165) is 5.69 Å². The van der Waals surface area contributed by atoms with Crippen molar-refractivity contribution in [3.63, 3.8) is 0 Å². The molecular weight excluding hydrogens is 301 g/mol. The summed E-state index contributed by atoms with van der Waals surface area (Å²) in [5.41, 5.74) is 1.30. The summed E-state index contributed by atoms with van der Waals surface area (Å²) in [6.45, 7) is 0.578. The van der Waals surface area contributed by atoms with Gasteiger partial charge in [-0.05, 0) is 12.1 Å². The topological polar surface area (TPSA) is 68.1 Å². The minimum absolute atomic E-state index is 0.129. The zero-order valence-corrected chi connectivity index (χ0v) is 11.9. The highest BCUT2D eigenvalue weighted by atomic mass is 35.5. The fourth-order valence-corrected chi connectivity index (χ4v) is 2.30. The van der Waals surface area contributed by atoms with Crippen molar-refractivity contribution in [3.05, 3.63) is 62.4 Å². The number of nitro benzene ring substituents is 1. The molecule has 0 saturated carbocycles. The summed E-state index contributed by atoms with van der Waals surface area (Å²) in [6.07, 6.45) is 2.42. The highest BCUT2D eigenvalue weighted by molar-refractivity contribution is 6.39. The molecule has 1 aromatic heterocycles. The number of anilines is 1. The van der Waals surface area contributed by atoms with Crippen molar-refractivity contribution >= 4 is 34.6 Å². The molecular formula is C13H11Cl2N3O2. The number of pyridine rings is 1. The normalized spacial score (nSPS) is 10.3. The number of non-ortho nitro benzene ring substituents is 1. The van der Waals surface area contributed by atoms with E-state index in [4.69, 9.17) is 23.2 Å². The van der Waals surface area contributed by atoms with E-state index in [1.807, 2.05) is 18.2 Å². The molecule has 104 valence electrons. The molecule has 0 spiro atoms. The first kappa shape index (κ1) is 14.6. The predicted octanol–water partition coefficient (Wildman–Crippen LogP) is 3.95. The molecule has 20 heavy (non-hydrogen) atoms. The number of hydrogen-bond acceptors (Lipinski definition) is 4. The van der Waals surface area contributed by atoms with Crippen LogP contribution in [0.2, 0.25) is 10.0 Å². The molecule has 7 heteroatoms. The van der Waals surface area contributed by atoms with E-state index in [1.165, 1.54) is 12.1 Å². The number of aromatic nitrogens is 1. The monoisotopic (exact) mass is 311 g/mol. The lowest BCUT2D eigenvalue weighted by atomic mass is 10.2. The van der Waals surface area contributed by atoms with Crippen LogP contribution in [0.5, 0.6) is 0 Å². The zero-order chi connectivity index (χ0) is 14.5. The molecule has 0 fully saturated rings. The first-order valence-electron chi connectivity index (χ1n) is 5.85. The molecule has 1 heterocycles. The van der Waals surface area contributed by atoms with Gasteiger partial charge in [-0.2, -0.15) is 0 Å². The summed E-state index contributed by atoms with van der Waals surface area (Å²) in [5.74, 6) is 0. The molecule has 0 aliphatic carbocycles. The molecule has 0 saturated heterocycles. The van der Waals surface area contributed by atoms with Crippen LogP contribution in [0.15, 0.2) is 36.5 Å². The number of benzene rings is 1. The molecule has 1 aromatic carbocycles. The molecule has 0 radical (unpaired) electrons. The lowest BCUT2D eigenvalue weighted by Crippen LogP contribution is -2.07. The van der Waals surface area contributed by atoms with Crippen LogP contribution < -0.4 is 5.32 Å². The standard InChI is InChI=1S/C13H11Cl2N3O2/c14-11-7-10(18(19)20)8-12(15)13(11)17-6-4-9-3-1-2-5-16-9/h1-3,5,7-8,17H,4,6H2. The average molecular weight is 312 g/mol. The Bertz CT molecular complexity index is 597. The van der Waals surface area contributed by atoms with E-state index in [0.29, 0.717) is 18.7 Å². The van der Waals surface area contributed by atoms with Gasteiger partial charge in [-0.25, -0.2) is 0 Å². The van der Waals surface area contributed by atoms with Crippen molar-refractivity contribution in [2.45, 2.75) is 6.42 Å². The number of hydrogen-bond donors (Lipinski definition) is 1. The molecule has 0 aliphatic rings. The van der Waals surface area contributed by atoms with Gasteiger partial charge in [0.2, 0.25) is 0 Å². The van der Waals surface area contributed by atoms with Crippen LogP contribution in [-0.4, -0.2) is 16.5 Å². The van der Waals surface area contributed by atoms with Gasteiger partial charge in [-0.1, -0.05) is 29.3 Å². The van der Waals surface area contributed by atoms with Crippen LogP contribution >= 0.6 is 23.2 Å². The van der Waals surface area contributed by atoms with Gasteiger partial charge in [-0.3, -0.25) is 15.1 Å². The molecule has 0 aliphatic heterocycles. The van der Waals surface area contributed by atoms with E-state index >= 15 is 0 Å². The smallest absolute Gasteiger partial charge is 0.272 e. The molecule has 0 amide bonds. The summed E-state index contributed by atoms with van der Waals surface area (Å²) in [5, 5.41) is 14.2. The van der Waals surface area contributed by atoms with Gasteiger partial charge in [-0.15, -0.1) is 0 Å². The molecule has 2 rings (SSSR count). The number of nitro groups is 1. The Balaban J connectivity index is 2.05. The second kappa shape index (κ2) is 6.54. The quantitative estimate of drug-likeness (QED) is 0.670. The molecule has 5 nitrogen and oxygen atoms in total. The first-order valence-corrected chi connectivity index (χ1v) is 6.60. The largest absolute Gasteiger partial charge is 0.382 e. The third kappa shape index (κ3) is 3.59. The van der Waals surface area contributed by atoms with Gasteiger partial charge in [0.05, 0.1) is 20.7 Å². The Morgan fingerprint density at radius 2 is 1.95 bits per heavy atom. The minimum Gasteiger partial charge on any atom is -0.382 e. The third-order valence-corrected chi connectivity index (χ3v) is 3.24. The average Bonchev–Trinajstić information content (AvgIpc) is 2.42. The summed E-state index contributed by atoms with van der Waals surface area (Å²) in [6, 6.07) is 8.23. The Kier molecular flexibility index (Phi) is 4.76. The van der Waals surface area contributed by atoms with Crippen LogP contribution in [0.3, 0.4) is 0 Å². The van der Waals surface area contributed by atoms with Crippen LogP contribution in [0.25, 0.3) is 0 Å². The van der Waals surface area contributed by atoms with Crippen molar-refractivity contribution in [3.8, 4) is 0 Å². The Labute approximate surface area is 125 Å². The molecule has 0 atom stereocenters. The molecule has 0 unspecified atom stereocenters. The van der Waals surface area contributed by atoms with E-state index in [1.54, 1.807) is 6.20 Å². The van der Waals surface area contributed by atoms with Crippen molar-refractivity contribution in [2.24, 2.45) is 0 Å². The van der Waals surface area contributed by atoms with E-state index in [-0.39, 0.29) is 15.7 Å². The lowest BCUT2D eigenvalue weighted by Gasteiger charge is -2.10. The van der Waals surface area contributed by atoms with Crippen molar-refractivity contribution in [1.29, 1.82) is 0 Å².